The molecule has 1 unspecified atom stereocenters. The van der Waals surface area contributed by atoms with Crippen molar-refractivity contribution < 1.29 is 14.5 Å². The van der Waals surface area contributed by atoms with Crippen LogP contribution in [0.3, 0.4) is 0 Å². The third kappa shape index (κ3) is 6.59. The molecule has 0 aliphatic heterocycles. The molecule has 0 saturated carbocycles. The molecule has 4 aromatic rings. The van der Waals surface area contributed by atoms with Gasteiger partial charge in [-0.15, -0.1) is 11.8 Å². The van der Waals surface area contributed by atoms with E-state index in [2.05, 4.69) is 26.6 Å². The SMILES string of the molecule is O=C(Nc1cccc(SC(C(=O)Nc2ccc(Br)cc2)c2ccccc2)c1)c1cccc([N+](=O)[O-])c1. The maximum absolute atomic E-state index is 13.3. The number of nitrogens with zero attached hydrogens (tertiary/aromatic N) is 1. The van der Waals surface area contributed by atoms with Crippen molar-refractivity contribution in [2.24, 2.45) is 0 Å². The molecule has 0 aromatic heterocycles. The molecule has 0 spiro atoms. The van der Waals surface area contributed by atoms with E-state index in [1.54, 1.807) is 18.2 Å². The van der Waals surface area contributed by atoms with Crippen LogP contribution >= 0.6 is 27.7 Å². The highest BCUT2D eigenvalue weighted by Gasteiger charge is 2.22. The minimum absolute atomic E-state index is 0.158. The summed E-state index contributed by atoms with van der Waals surface area (Å²) in [4.78, 5) is 37.2. The highest BCUT2D eigenvalue weighted by atomic mass is 79.9. The molecule has 4 aromatic carbocycles. The number of non-ortho nitro benzene ring substituents is 1. The first kappa shape index (κ1) is 25.2. The highest BCUT2D eigenvalue weighted by molar-refractivity contribution is 9.10. The second kappa shape index (κ2) is 11.7. The zero-order valence-corrected chi connectivity index (χ0v) is 21.2. The van der Waals surface area contributed by atoms with Crippen LogP contribution in [0.4, 0.5) is 17.1 Å². The number of hydrogen-bond acceptors (Lipinski definition) is 5. The third-order valence-corrected chi connectivity index (χ3v) is 6.89. The van der Waals surface area contributed by atoms with Crippen LogP contribution < -0.4 is 10.6 Å². The van der Waals surface area contributed by atoms with Gasteiger partial charge in [-0.05, 0) is 54.1 Å². The summed E-state index contributed by atoms with van der Waals surface area (Å²) in [6.45, 7) is 0. The van der Waals surface area contributed by atoms with Crippen molar-refractivity contribution >= 4 is 56.6 Å². The summed E-state index contributed by atoms with van der Waals surface area (Å²) in [6.07, 6.45) is 0. The smallest absolute Gasteiger partial charge is 0.270 e. The first-order valence-electron chi connectivity index (χ1n) is 10.8. The molecule has 0 aliphatic rings. The Kier molecular flexibility index (Phi) is 8.14. The zero-order chi connectivity index (χ0) is 25.5. The fraction of sp³-hybridized carbons (Fsp3) is 0.0370. The monoisotopic (exact) mass is 561 g/mol. The van der Waals surface area contributed by atoms with Crippen molar-refractivity contribution in [3.63, 3.8) is 0 Å². The van der Waals surface area contributed by atoms with Gasteiger partial charge < -0.3 is 10.6 Å². The lowest BCUT2D eigenvalue weighted by molar-refractivity contribution is -0.384. The van der Waals surface area contributed by atoms with Gasteiger partial charge in [-0.1, -0.05) is 58.4 Å². The topological polar surface area (TPSA) is 101 Å². The van der Waals surface area contributed by atoms with Crippen molar-refractivity contribution in [1.82, 2.24) is 0 Å². The molecule has 0 saturated heterocycles. The second-order valence-corrected chi connectivity index (χ2v) is 9.79. The average molecular weight is 562 g/mol. The van der Waals surface area contributed by atoms with Gasteiger partial charge >= 0.3 is 0 Å². The third-order valence-electron chi connectivity index (χ3n) is 5.12. The number of hydrogen-bond donors (Lipinski definition) is 2. The Balaban J connectivity index is 1.53. The molecule has 2 N–H and O–H groups in total. The molecule has 0 bridgehead atoms. The number of thioether (sulfide) groups is 1. The average Bonchev–Trinajstić information content (AvgIpc) is 2.89. The molecule has 0 radical (unpaired) electrons. The van der Waals surface area contributed by atoms with Gasteiger partial charge in [0.1, 0.15) is 5.25 Å². The van der Waals surface area contributed by atoms with Crippen molar-refractivity contribution in [3.05, 3.63) is 129 Å². The van der Waals surface area contributed by atoms with E-state index in [-0.39, 0.29) is 17.2 Å². The number of halogens is 1. The van der Waals surface area contributed by atoms with Gasteiger partial charge in [0, 0.05) is 38.4 Å². The Labute approximate surface area is 220 Å². The Morgan fingerprint density at radius 1 is 0.806 bits per heavy atom. The van der Waals surface area contributed by atoms with E-state index in [9.17, 15) is 19.7 Å². The maximum atomic E-state index is 13.3. The van der Waals surface area contributed by atoms with Crippen LogP contribution in [0.5, 0.6) is 0 Å². The number of anilines is 2. The molecule has 7 nitrogen and oxygen atoms in total. The molecule has 180 valence electrons. The quantitative estimate of drug-likeness (QED) is 0.136. The summed E-state index contributed by atoms with van der Waals surface area (Å²) < 4.78 is 0.915. The standard InChI is InChI=1S/C27H20BrN3O4S/c28-20-12-14-21(15-13-20)29-27(33)25(18-6-2-1-3-7-18)36-24-11-5-9-22(17-24)30-26(32)19-8-4-10-23(16-19)31(34)35/h1-17,25H,(H,29,33)(H,30,32). The minimum atomic E-state index is -0.545. The summed E-state index contributed by atoms with van der Waals surface area (Å²) in [7, 11) is 0. The molecule has 0 heterocycles. The summed E-state index contributed by atoms with van der Waals surface area (Å²) in [6, 6.07) is 29.4. The van der Waals surface area contributed by atoms with Crippen molar-refractivity contribution in [3.8, 4) is 0 Å². The van der Waals surface area contributed by atoms with Crippen LogP contribution in [0, 0.1) is 10.1 Å². The summed E-state index contributed by atoms with van der Waals surface area (Å²) in [5.74, 6) is -0.645. The van der Waals surface area contributed by atoms with E-state index >= 15 is 0 Å². The Bertz CT molecular complexity index is 1400. The number of carbonyl (C=O) groups is 2. The fourth-order valence-electron chi connectivity index (χ4n) is 3.39. The summed E-state index contributed by atoms with van der Waals surface area (Å²) in [5, 5.41) is 16.2. The lowest BCUT2D eigenvalue weighted by Gasteiger charge is -2.18. The number of nitro benzene ring substituents is 1. The van der Waals surface area contributed by atoms with Gasteiger partial charge in [-0.3, -0.25) is 19.7 Å². The van der Waals surface area contributed by atoms with E-state index in [0.29, 0.717) is 11.4 Å². The van der Waals surface area contributed by atoms with Gasteiger partial charge in [0.25, 0.3) is 11.6 Å². The Hall–Kier alpha value is -3.95. The number of nitrogens with one attached hydrogen (secondary N) is 2. The van der Waals surface area contributed by atoms with Crippen molar-refractivity contribution in [1.29, 1.82) is 0 Å². The summed E-state index contributed by atoms with van der Waals surface area (Å²) in [5.41, 5.74) is 2.05. The normalized spacial score (nSPS) is 11.4. The predicted octanol–water partition coefficient (Wildman–Crippen LogP) is 7.08. The molecule has 9 heteroatoms. The molecule has 1 atom stereocenters. The fourth-order valence-corrected chi connectivity index (χ4v) is 4.74. The Morgan fingerprint density at radius 2 is 1.53 bits per heavy atom. The van der Waals surface area contributed by atoms with Gasteiger partial charge in [-0.2, -0.15) is 0 Å². The molecule has 36 heavy (non-hydrogen) atoms. The molecular formula is C27H20BrN3O4S. The van der Waals surface area contributed by atoms with Gasteiger partial charge in [0.05, 0.1) is 4.92 Å². The highest BCUT2D eigenvalue weighted by Crippen LogP contribution is 2.37. The molecular weight excluding hydrogens is 542 g/mol. The van der Waals surface area contributed by atoms with Crippen LogP contribution in [0.1, 0.15) is 21.2 Å². The lowest BCUT2D eigenvalue weighted by Crippen LogP contribution is -2.19. The van der Waals surface area contributed by atoms with E-state index < -0.39 is 16.1 Å². The lowest BCUT2D eigenvalue weighted by atomic mass is 10.1. The van der Waals surface area contributed by atoms with Crippen LogP contribution in [0.2, 0.25) is 0 Å². The van der Waals surface area contributed by atoms with Crippen molar-refractivity contribution in [2.45, 2.75) is 10.1 Å². The van der Waals surface area contributed by atoms with Crippen LogP contribution in [0.15, 0.2) is 112 Å². The molecule has 0 fully saturated rings. The first-order chi connectivity index (χ1) is 17.4. The number of amides is 2. The zero-order valence-electron chi connectivity index (χ0n) is 18.8. The van der Waals surface area contributed by atoms with Gasteiger partial charge in [0.15, 0.2) is 0 Å². The minimum Gasteiger partial charge on any atom is -0.325 e. The number of benzene rings is 4. The number of carbonyl (C=O) groups excluding carboxylic acids is 2. The van der Waals surface area contributed by atoms with E-state index in [1.165, 1.54) is 36.0 Å². The molecule has 2 amide bonds. The van der Waals surface area contributed by atoms with Crippen LogP contribution in [0.25, 0.3) is 0 Å². The van der Waals surface area contributed by atoms with E-state index in [0.717, 1.165) is 14.9 Å². The summed E-state index contributed by atoms with van der Waals surface area (Å²) >= 11 is 4.75. The largest absolute Gasteiger partial charge is 0.325 e. The number of rotatable bonds is 8. The van der Waals surface area contributed by atoms with E-state index in [4.69, 9.17) is 0 Å². The predicted molar refractivity (Wildman–Crippen MR) is 145 cm³/mol. The number of nitro groups is 1. The van der Waals surface area contributed by atoms with Crippen LogP contribution in [-0.2, 0) is 4.79 Å². The Morgan fingerprint density at radius 3 is 2.25 bits per heavy atom. The van der Waals surface area contributed by atoms with E-state index in [1.807, 2.05) is 60.7 Å². The molecule has 4 rings (SSSR count). The van der Waals surface area contributed by atoms with Gasteiger partial charge in [-0.25, -0.2) is 0 Å². The van der Waals surface area contributed by atoms with Crippen LogP contribution in [-0.4, -0.2) is 16.7 Å². The maximum Gasteiger partial charge on any atom is 0.270 e. The van der Waals surface area contributed by atoms with Gasteiger partial charge in [0.2, 0.25) is 5.91 Å². The first-order valence-corrected chi connectivity index (χ1v) is 12.5. The molecule has 0 aliphatic carbocycles. The second-order valence-electron chi connectivity index (χ2n) is 7.69. The van der Waals surface area contributed by atoms with Crippen molar-refractivity contribution in [2.75, 3.05) is 10.6 Å².